The molecule has 0 aliphatic heterocycles. The Morgan fingerprint density at radius 1 is 1.14 bits per heavy atom. The van der Waals surface area contributed by atoms with E-state index in [9.17, 15) is 0 Å². The number of rotatable bonds is 5. The third-order valence-electron chi connectivity index (χ3n) is 5.63. The fraction of sp³-hybridized carbons (Fsp3) is 0.261. The van der Waals surface area contributed by atoms with Crippen LogP contribution >= 0.6 is 0 Å². The number of aromatic nitrogens is 3. The van der Waals surface area contributed by atoms with E-state index in [-0.39, 0.29) is 0 Å². The Morgan fingerprint density at radius 2 is 2.00 bits per heavy atom. The number of hydrogen-bond donors (Lipinski definition) is 2. The molecule has 5 heteroatoms. The van der Waals surface area contributed by atoms with Crippen LogP contribution in [0, 0.1) is 0 Å². The second-order valence-corrected chi connectivity index (χ2v) is 7.34. The molecule has 28 heavy (non-hydrogen) atoms. The van der Waals surface area contributed by atoms with Crippen LogP contribution in [0.25, 0.3) is 16.6 Å². The topological polar surface area (TPSA) is 54.9 Å². The van der Waals surface area contributed by atoms with E-state index in [1.165, 1.54) is 28.6 Å². The molecule has 0 bridgehead atoms. The molecule has 2 aromatic heterocycles. The van der Waals surface area contributed by atoms with Gasteiger partial charge in [0.1, 0.15) is 5.75 Å². The van der Waals surface area contributed by atoms with Crippen LogP contribution in [0.5, 0.6) is 5.75 Å². The summed E-state index contributed by atoms with van der Waals surface area (Å²) in [6.45, 7) is 0.753. The summed E-state index contributed by atoms with van der Waals surface area (Å²) < 4.78 is 7.13. The van der Waals surface area contributed by atoms with Crippen molar-refractivity contribution in [3.63, 3.8) is 0 Å². The maximum Gasteiger partial charge on any atom is 0.119 e. The zero-order chi connectivity index (χ0) is 18.9. The fourth-order valence-electron chi connectivity index (χ4n) is 4.18. The minimum atomic E-state index is 0.349. The number of ether oxygens (including phenoxy) is 1. The van der Waals surface area contributed by atoms with Crippen molar-refractivity contribution in [2.45, 2.75) is 31.8 Å². The van der Waals surface area contributed by atoms with Gasteiger partial charge in [0, 0.05) is 35.4 Å². The smallest absolute Gasteiger partial charge is 0.119 e. The molecule has 0 amide bonds. The summed E-state index contributed by atoms with van der Waals surface area (Å²) in [5.41, 5.74) is 6.14. The molecule has 5 nitrogen and oxygen atoms in total. The minimum Gasteiger partial charge on any atom is -0.497 e. The monoisotopic (exact) mass is 372 g/mol. The number of H-pyrrole nitrogens is 1. The van der Waals surface area contributed by atoms with Crippen LogP contribution in [-0.4, -0.2) is 21.9 Å². The van der Waals surface area contributed by atoms with Crippen LogP contribution < -0.4 is 10.1 Å². The van der Waals surface area contributed by atoms with Crippen molar-refractivity contribution in [1.29, 1.82) is 0 Å². The van der Waals surface area contributed by atoms with Gasteiger partial charge in [0.25, 0.3) is 0 Å². The van der Waals surface area contributed by atoms with Gasteiger partial charge in [-0.3, -0.25) is 0 Å². The van der Waals surface area contributed by atoms with E-state index in [0.717, 1.165) is 36.5 Å². The Labute approximate surface area is 164 Å². The quantitative estimate of drug-likeness (QED) is 0.541. The molecule has 142 valence electrons. The molecule has 4 aromatic rings. The lowest BCUT2D eigenvalue weighted by molar-refractivity contribution is 0.414. The number of nitrogens with one attached hydrogen (secondary N) is 2. The maximum absolute atomic E-state index is 5.22. The molecule has 0 saturated carbocycles. The van der Waals surface area contributed by atoms with Gasteiger partial charge in [-0.1, -0.05) is 18.2 Å². The molecule has 2 aromatic carbocycles. The molecular formula is C23H24N4O. The Kier molecular flexibility index (Phi) is 4.37. The summed E-state index contributed by atoms with van der Waals surface area (Å²) >= 11 is 0. The van der Waals surface area contributed by atoms with Gasteiger partial charge in [-0.15, -0.1) is 0 Å². The highest BCUT2D eigenvalue weighted by atomic mass is 16.5. The van der Waals surface area contributed by atoms with Crippen LogP contribution in [0.1, 0.15) is 35.8 Å². The number of benzene rings is 2. The van der Waals surface area contributed by atoms with Gasteiger partial charge in [0.15, 0.2) is 0 Å². The lowest BCUT2D eigenvalue weighted by Crippen LogP contribution is -2.25. The SMILES string of the molecule is COc1ccc(-n2ccc(CNC3CCCc4c3[nH]c3ccccc43)n2)cc1. The van der Waals surface area contributed by atoms with Crippen LogP contribution in [0.2, 0.25) is 0 Å². The minimum absolute atomic E-state index is 0.349. The third-order valence-corrected chi connectivity index (χ3v) is 5.63. The number of methoxy groups -OCH3 is 1. The van der Waals surface area contributed by atoms with Crippen LogP contribution in [0.15, 0.2) is 60.8 Å². The number of nitrogens with zero attached hydrogens (tertiary/aromatic N) is 2. The lowest BCUT2D eigenvalue weighted by atomic mass is 9.91. The van der Waals surface area contributed by atoms with E-state index >= 15 is 0 Å². The van der Waals surface area contributed by atoms with Crippen molar-refractivity contribution in [2.75, 3.05) is 7.11 Å². The number of aromatic amines is 1. The molecule has 0 radical (unpaired) electrons. The highest BCUT2D eigenvalue weighted by Crippen LogP contribution is 2.34. The summed E-state index contributed by atoms with van der Waals surface area (Å²) in [6, 6.07) is 19.0. The first-order valence-electron chi connectivity index (χ1n) is 9.83. The average molecular weight is 372 g/mol. The molecule has 1 atom stereocenters. The largest absolute Gasteiger partial charge is 0.497 e. The van der Waals surface area contributed by atoms with E-state index in [0.29, 0.717) is 6.04 Å². The van der Waals surface area contributed by atoms with E-state index in [4.69, 9.17) is 9.84 Å². The first-order chi connectivity index (χ1) is 13.8. The summed E-state index contributed by atoms with van der Waals surface area (Å²) in [6.07, 6.45) is 5.53. The summed E-state index contributed by atoms with van der Waals surface area (Å²) in [7, 11) is 1.68. The van der Waals surface area contributed by atoms with Gasteiger partial charge in [-0.25, -0.2) is 4.68 Å². The van der Waals surface area contributed by atoms with Crippen LogP contribution in [0.4, 0.5) is 0 Å². The zero-order valence-electron chi connectivity index (χ0n) is 16.0. The molecule has 0 saturated heterocycles. The molecule has 2 N–H and O–H groups in total. The third kappa shape index (κ3) is 3.08. The summed E-state index contributed by atoms with van der Waals surface area (Å²) in [5.74, 6) is 0.851. The van der Waals surface area contributed by atoms with Gasteiger partial charge in [0.05, 0.1) is 18.5 Å². The Balaban J connectivity index is 1.32. The molecule has 1 unspecified atom stereocenters. The predicted octanol–water partition coefficient (Wildman–Crippen LogP) is 4.53. The Bertz CT molecular complexity index is 1090. The van der Waals surface area contributed by atoms with Crippen molar-refractivity contribution in [2.24, 2.45) is 0 Å². The second kappa shape index (κ2) is 7.17. The molecule has 2 heterocycles. The number of fused-ring (bicyclic) bond motifs is 3. The highest BCUT2D eigenvalue weighted by Gasteiger charge is 2.23. The van der Waals surface area contributed by atoms with E-state index in [1.54, 1.807) is 7.11 Å². The van der Waals surface area contributed by atoms with Crippen molar-refractivity contribution in [3.8, 4) is 11.4 Å². The number of aryl methyl sites for hydroxylation is 1. The number of para-hydroxylation sites is 1. The molecule has 1 aliphatic rings. The maximum atomic E-state index is 5.22. The number of hydrogen-bond acceptors (Lipinski definition) is 3. The molecule has 5 rings (SSSR count). The second-order valence-electron chi connectivity index (χ2n) is 7.34. The van der Waals surface area contributed by atoms with Crippen LogP contribution in [0.3, 0.4) is 0 Å². The van der Waals surface area contributed by atoms with Gasteiger partial charge in [-0.2, -0.15) is 5.10 Å². The van der Waals surface area contributed by atoms with Gasteiger partial charge in [0.2, 0.25) is 0 Å². The van der Waals surface area contributed by atoms with E-state index in [1.807, 2.05) is 35.1 Å². The van der Waals surface area contributed by atoms with Crippen molar-refractivity contribution in [3.05, 3.63) is 77.7 Å². The predicted molar refractivity (Wildman–Crippen MR) is 111 cm³/mol. The average Bonchev–Trinajstić information content (AvgIpc) is 3.37. The molecular weight excluding hydrogens is 348 g/mol. The first-order valence-corrected chi connectivity index (χ1v) is 9.83. The summed E-state index contributed by atoms with van der Waals surface area (Å²) in [5, 5.41) is 9.80. The van der Waals surface area contributed by atoms with Crippen molar-refractivity contribution < 1.29 is 4.74 Å². The highest BCUT2D eigenvalue weighted by molar-refractivity contribution is 5.85. The fourth-order valence-corrected chi connectivity index (χ4v) is 4.18. The van der Waals surface area contributed by atoms with Crippen molar-refractivity contribution >= 4 is 10.9 Å². The van der Waals surface area contributed by atoms with E-state index in [2.05, 4.69) is 40.6 Å². The van der Waals surface area contributed by atoms with Gasteiger partial charge >= 0.3 is 0 Å². The van der Waals surface area contributed by atoms with Crippen LogP contribution in [-0.2, 0) is 13.0 Å². The summed E-state index contributed by atoms with van der Waals surface area (Å²) in [4.78, 5) is 3.64. The van der Waals surface area contributed by atoms with E-state index < -0.39 is 0 Å². The van der Waals surface area contributed by atoms with Gasteiger partial charge in [-0.05, 0) is 61.2 Å². The molecule has 0 fully saturated rings. The van der Waals surface area contributed by atoms with Crippen molar-refractivity contribution in [1.82, 2.24) is 20.1 Å². The first kappa shape index (κ1) is 17.1. The zero-order valence-corrected chi connectivity index (χ0v) is 16.0. The standard InChI is InChI=1S/C23H24N4O/c1-28-18-11-9-17(10-12-18)27-14-13-16(26-27)15-24-22-8-4-6-20-19-5-2-3-7-21(19)25-23(20)22/h2-3,5,7,9-14,22,24-25H,4,6,8,15H2,1H3. The lowest BCUT2D eigenvalue weighted by Gasteiger charge is -2.23. The Hall–Kier alpha value is -3.05. The Morgan fingerprint density at radius 3 is 2.86 bits per heavy atom. The van der Waals surface area contributed by atoms with Gasteiger partial charge < -0.3 is 15.0 Å². The molecule has 1 aliphatic carbocycles. The normalized spacial score (nSPS) is 16.2. The molecule has 0 spiro atoms.